The third-order valence-electron chi connectivity index (χ3n) is 5.05. The molecule has 5 heteroatoms. The third kappa shape index (κ3) is 5.35. The fraction of sp³-hybridized carbons (Fsp3) is 0.391. The Labute approximate surface area is 166 Å². The average molecular weight is 380 g/mol. The summed E-state index contributed by atoms with van der Waals surface area (Å²) in [6, 6.07) is 15.4. The number of piperidine rings is 1. The van der Waals surface area contributed by atoms with E-state index in [2.05, 4.69) is 5.32 Å². The fourth-order valence-electron chi connectivity index (χ4n) is 3.48. The van der Waals surface area contributed by atoms with Crippen molar-refractivity contribution in [3.8, 4) is 5.75 Å². The second-order valence-corrected chi connectivity index (χ2v) is 7.25. The van der Waals surface area contributed by atoms with Crippen LogP contribution in [0.5, 0.6) is 5.75 Å². The molecule has 1 aliphatic rings. The van der Waals surface area contributed by atoms with Crippen LogP contribution in [0.1, 0.15) is 41.3 Å². The molecule has 0 atom stereocenters. The average Bonchev–Trinajstić information content (AvgIpc) is 2.70. The van der Waals surface area contributed by atoms with Crippen LogP contribution in [0.25, 0.3) is 0 Å². The number of likely N-dealkylation sites (tertiary alicyclic amines) is 1. The highest BCUT2D eigenvalue weighted by Gasteiger charge is 2.24. The molecule has 0 saturated carbocycles. The van der Waals surface area contributed by atoms with Crippen LogP contribution in [0.3, 0.4) is 0 Å². The number of carbonyl (C=O) groups is 2. The van der Waals surface area contributed by atoms with Crippen molar-refractivity contribution in [3.63, 3.8) is 0 Å². The van der Waals surface area contributed by atoms with Crippen molar-refractivity contribution in [2.75, 3.05) is 19.7 Å². The van der Waals surface area contributed by atoms with Gasteiger partial charge in [-0.15, -0.1) is 0 Å². The Bertz CT molecular complexity index is 809. The Kier molecular flexibility index (Phi) is 6.69. The summed E-state index contributed by atoms with van der Waals surface area (Å²) in [5.41, 5.74) is 2.75. The van der Waals surface area contributed by atoms with Crippen LogP contribution >= 0.6 is 0 Å². The van der Waals surface area contributed by atoms with Gasteiger partial charge in [0.25, 0.3) is 5.91 Å². The molecule has 0 bridgehead atoms. The molecule has 2 amide bonds. The molecule has 1 heterocycles. The van der Waals surface area contributed by atoms with Crippen molar-refractivity contribution in [3.05, 3.63) is 65.2 Å². The van der Waals surface area contributed by atoms with Gasteiger partial charge in [-0.2, -0.15) is 0 Å². The Hall–Kier alpha value is -2.82. The van der Waals surface area contributed by atoms with Gasteiger partial charge in [-0.3, -0.25) is 9.59 Å². The summed E-state index contributed by atoms with van der Waals surface area (Å²) in [6.45, 7) is 5.91. The van der Waals surface area contributed by atoms with Gasteiger partial charge in [-0.05, 0) is 56.5 Å². The first-order chi connectivity index (χ1) is 13.5. The zero-order valence-corrected chi connectivity index (χ0v) is 16.6. The molecule has 0 aromatic heterocycles. The van der Waals surface area contributed by atoms with Crippen molar-refractivity contribution in [2.45, 2.75) is 39.2 Å². The summed E-state index contributed by atoms with van der Waals surface area (Å²) in [7, 11) is 0. The first-order valence-electron chi connectivity index (χ1n) is 9.92. The molecule has 2 aromatic carbocycles. The predicted molar refractivity (Wildman–Crippen MR) is 110 cm³/mol. The van der Waals surface area contributed by atoms with Gasteiger partial charge in [0, 0.05) is 24.7 Å². The summed E-state index contributed by atoms with van der Waals surface area (Å²) in [6.07, 6.45) is 1.96. The molecule has 28 heavy (non-hydrogen) atoms. The fourth-order valence-corrected chi connectivity index (χ4v) is 3.48. The normalized spacial score (nSPS) is 14.6. The van der Waals surface area contributed by atoms with E-state index in [9.17, 15) is 9.59 Å². The number of carbonyl (C=O) groups excluding carboxylic acids is 2. The van der Waals surface area contributed by atoms with E-state index in [-0.39, 0.29) is 17.9 Å². The molecule has 148 valence electrons. The molecule has 1 fully saturated rings. The van der Waals surface area contributed by atoms with E-state index < -0.39 is 0 Å². The van der Waals surface area contributed by atoms with Crippen LogP contribution in [-0.4, -0.2) is 42.5 Å². The Balaban J connectivity index is 1.46. The Morgan fingerprint density at radius 2 is 1.82 bits per heavy atom. The van der Waals surface area contributed by atoms with E-state index in [4.69, 9.17) is 4.74 Å². The molecule has 0 aliphatic carbocycles. The van der Waals surface area contributed by atoms with Gasteiger partial charge in [0.05, 0.1) is 13.0 Å². The van der Waals surface area contributed by atoms with Crippen LogP contribution in [0.4, 0.5) is 0 Å². The predicted octanol–water partition coefficient (Wildman–Crippen LogP) is 3.36. The van der Waals surface area contributed by atoms with Gasteiger partial charge in [0.1, 0.15) is 5.75 Å². The van der Waals surface area contributed by atoms with Crippen molar-refractivity contribution in [2.24, 2.45) is 0 Å². The molecular formula is C23H28N2O3. The number of rotatable bonds is 6. The lowest BCUT2D eigenvalue weighted by molar-refractivity contribution is -0.131. The van der Waals surface area contributed by atoms with Crippen LogP contribution in [0.15, 0.2) is 48.5 Å². The standard InChI is InChI=1S/C23H28N2O3/c1-3-28-21-9-7-18(8-10-21)16-22(26)25-13-11-20(12-14-25)24-23(27)19-6-4-5-17(2)15-19/h4-10,15,20H,3,11-14,16H2,1-2H3,(H,24,27). The number of amides is 2. The number of nitrogens with one attached hydrogen (secondary N) is 1. The number of hydrogen-bond acceptors (Lipinski definition) is 3. The molecule has 1 aliphatic heterocycles. The van der Waals surface area contributed by atoms with Crippen LogP contribution in [0, 0.1) is 6.92 Å². The molecule has 0 radical (unpaired) electrons. The molecule has 0 spiro atoms. The lowest BCUT2D eigenvalue weighted by Crippen LogP contribution is -2.47. The van der Waals surface area contributed by atoms with Crippen molar-refractivity contribution in [1.82, 2.24) is 10.2 Å². The van der Waals surface area contributed by atoms with Gasteiger partial charge < -0.3 is 15.0 Å². The zero-order valence-electron chi connectivity index (χ0n) is 16.6. The number of aryl methyl sites for hydroxylation is 1. The largest absolute Gasteiger partial charge is 0.494 e. The molecule has 3 rings (SSSR count). The molecule has 5 nitrogen and oxygen atoms in total. The van der Waals surface area contributed by atoms with E-state index in [1.54, 1.807) is 0 Å². The van der Waals surface area contributed by atoms with Crippen molar-refractivity contribution >= 4 is 11.8 Å². The first-order valence-corrected chi connectivity index (χ1v) is 9.92. The summed E-state index contributed by atoms with van der Waals surface area (Å²) < 4.78 is 5.43. The third-order valence-corrected chi connectivity index (χ3v) is 5.05. The highest BCUT2D eigenvalue weighted by Crippen LogP contribution is 2.16. The number of nitrogens with zero attached hydrogens (tertiary/aromatic N) is 1. The lowest BCUT2D eigenvalue weighted by Gasteiger charge is -2.32. The van der Waals surface area contributed by atoms with Crippen LogP contribution in [0.2, 0.25) is 0 Å². The monoisotopic (exact) mass is 380 g/mol. The van der Waals surface area contributed by atoms with Crippen LogP contribution < -0.4 is 10.1 Å². The zero-order chi connectivity index (χ0) is 19.9. The number of ether oxygens (including phenoxy) is 1. The SMILES string of the molecule is CCOc1ccc(CC(=O)N2CCC(NC(=O)c3cccc(C)c3)CC2)cc1. The second kappa shape index (κ2) is 9.40. The van der Waals surface area contributed by atoms with E-state index >= 15 is 0 Å². The smallest absolute Gasteiger partial charge is 0.251 e. The number of benzene rings is 2. The Morgan fingerprint density at radius 1 is 1.11 bits per heavy atom. The van der Waals surface area contributed by atoms with Gasteiger partial charge >= 0.3 is 0 Å². The first kappa shape index (κ1) is 19.9. The maximum Gasteiger partial charge on any atom is 0.251 e. The minimum absolute atomic E-state index is 0.0390. The Morgan fingerprint density at radius 3 is 2.46 bits per heavy atom. The summed E-state index contributed by atoms with van der Waals surface area (Å²) in [5, 5.41) is 3.10. The molecule has 2 aromatic rings. The van der Waals surface area contributed by atoms with Crippen molar-refractivity contribution in [1.29, 1.82) is 0 Å². The van der Waals surface area contributed by atoms with E-state index in [0.717, 1.165) is 29.7 Å². The minimum Gasteiger partial charge on any atom is -0.494 e. The van der Waals surface area contributed by atoms with Gasteiger partial charge in [-0.25, -0.2) is 0 Å². The second-order valence-electron chi connectivity index (χ2n) is 7.25. The topological polar surface area (TPSA) is 58.6 Å². The lowest BCUT2D eigenvalue weighted by atomic mass is 10.0. The van der Waals surface area contributed by atoms with Crippen LogP contribution in [-0.2, 0) is 11.2 Å². The molecule has 1 N–H and O–H groups in total. The van der Waals surface area contributed by atoms with Gasteiger partial charge in [-0.1, -0.05) is 29.8 Å². The van der Waals surface area contributed by atoms with E-state index in [1.807, 2.05) is 67.3 Å². The summed E-state index contributed by atoms with van der Waals surface area (Å²) in [5.74, 6) is 0.916. The molecule has 1 saturated heterocycles. The van der Waals surface area contributed by atoms with Crippen molar-refractivity contribution < 1.29 is 14.3 Å². The minimum atomic E-state index is -0.0390. The molecule has 0 unspecified atom stereocenters. The van der Waals surface area contributed by atoms with E-state index in [1.165, 1.54) is 0 Å². The summed E-state index contributed by atoms with van der Waals surface area (Å²) in [4.78, 5) is 26.9. The maximum atomic E-state index is 12.6. The number of hydrogen-bond donors (Lipinski definition) is 1. The highest BCUT2D eigenvalue weighted by atomic mass is 16.5. The maximum absolute atomic E-state index is 12.6. The van der Waals surface area contributed by atoms with Gasteiger partial charge in [0.2, 0.25) is 5.91 Å². The summed E-state index contributed by atoms with van der Waals surface area (Å²) >= 11 is 0. The molecular weight excluding hydrogens is 352 g/mol. The van der Waals surface area contributed by atoms with Gasteiger partial charge in [0.15, 0.2) is 0 Å². The quantitative estimate of drug-likeness (QED) is 0.836. The highest BCUT2D eigenvalue weighted by molar-refractivity contribution is 5.94. The van der Waals surface area contributed by atoms with E-state index in [0.29, 0.717) is 31.7 Å².